The SMILES string of the molecule is CCN(CCOC)Cc1cnc(Cl)cc1Cl. The number of aromatic nitrogens is 1. The van der Waals surface area contributed by atoms with E-state index >= 15 is 0 Å². The van der Waals surface area contributed by atoms with Crippen molar-refractivity contribution < 1.29 is 4.74 Å². The zero-order valence-corrected chi connectivity index (χ0v) is 11.1. The maximum Gasteiger partial charge on any atom is 0.130 e. The van der Waals surface area contributed by atoms with Gasteiger partial charge in [0.25, 0.3) is 0 Å². The van der Waals surface area contributed by atoms with E-state index in [1.165, 1.54) is 0 Å². The molecule has 3 nitrogen and oxygen atoms in total. The second-order valence-corrected chi connectivity index (χ2v) is 4.25. The minimum absolute atomic E-state index is 0.425. The van der Waals surface area contributed by atoms with E-state index < -0.39 is 0 Å². The fourth-order valence-corrected chi connectivity index (χ4v) is 1.79. The van der Waals surface area contributed by atoms with Gasteiger partial charge in [-0.25, -0.2) is 4.98 Å². The van der Waals surface area contributed by atoms with Crippen LogP contribution in [-0.2, 0) is 11.3 Å². The van der Waals surface area contributed by atoms with Crippen molar-refractivity contribution >= 4 is 23.2 Å². The Balaban J connectivity index is 2.62. The Kier molecular flexibility index (Phi) is 6.06. The fourth-order valence-electron chi connectivity index (χ4n) is 1.36. The summed E-state index contributed by atoms with van der Waals surface area (Å²) in [6.07, 6.45) is 1.72. The molecule has 1 aromatic rings. The molecule has 0 spiro atoms. The highest BCUT2D eigenvalue weighted by Crippen LogP contribution is 2.19. The molecule has 0 saturated carbocycles. The zero-order chi connectivity index (χ0) is 12.0. The van der Waals surface area contributed by atoms with Crippen molar-refractivity contribution in [2.24, 2.45) is 0 Å². The van der Waals surface area contributed by atoms with Crippen LogP contribution in [0.25, 0.3) is 0 Å². The fraction of sp³-hybridized carbons (Fsp3) is 0.545. The van der Waals surface area contributed by atoms with Crippen molar-refractivity contribution in [3.05, 3.63) is 28.0 Å². The number of hydrogen-bond acceptors (Lipinski definition) is 3. The molecule has 0 saturated heterocycles. The number of rotatable bonds is 6. The van der Waals surface area contributed by atoms with Crippen LogP contribution in [0.2, 0.25) is 10.2 Å². The Morgan fingerprint density at radius 2 is 2.19 bits per heavy atom. The first kappa shape index (κ1) is 13.7. The van der Waals surface area contributed by atoms with Crippen molar-refractivity contribution in [2.75, 3.05) is 26.8 Å². The van der Waals surface area contributed by atoms with Gasteiger partial charge < -0.3 is 4.74 Å². The number of methoxy groups -OCH3 is 1. The van der Waals surface area contributed by atoms with Gasteiger partial charge in [-0.05, 0) is 12.6 Å². The lowest BCUT2D eigenvalue weighted by Crippen LogP contribution is -2.26. The van der Waals surface area contributed by atoms with E-state index in [2.05, 4.69) is 16.8 Å². The number of hydrogen-bond donors (Lipinski definition) is 0. The highest BCUT2D eigenvalue weighted by Gasteiger charge is 2.07. The molecule has 16 heavy (non-hydrogen) atoms. The second-order valence-electron chi connectivity index (χ2n) is 3.46. The summed E-state index contributed by atoms with van der Waals surface area (Å²) in [7, 11) is 1.70. The highest BCUT2D eigenvalue weighted by atomic mass is 35.5. The molecule has 90 valence electrons. The Morgan fingerprint density at radius 1 is 1.44 bits per heavy atom. The average molecular weight is 263 g/mol. The van der Waals surface area contributed by atoms with Crippen LogP contribution in [0, 0.1) is 0 Å². The summed E-state index contributed by atoms with van der Waals surface area (Å²) in [5, 5.41) is 1.09. The Labute approximate surface area is 106 Å². The molecule has 0 N–H and O–H groups in total. The predicted molar refractivity (Wildman–Crippen MR) is 67.1 cm³/mol. The quantitative estimate of drug-likeness (QED) is 0.738. The van der Waals surface area contributed by atoms with Gasteiger partial charge >= 0.3 is 0 Å². The first-order chi connectivity index (χ1) is 7.67. The Morgan fingerprint density at radius 3 is 2.75 bits per heavy atom. The van der Waals surface area contributed by atoms with Gasteiger partial charge in [0.15, 0.2) is 0 Å². The van der Waals surface area contributed by atoms with Gasteiger partial charge in [0, 0.05) is 37.0 Å². The molecule has 0 bridgehead atoms. The summed E-state index contributed by atoms with van der Waals surface area (Å²) in [5.74, 6) is 0. The Bertz CT molecular complexity index is 334. The summed E-state index contributed by atoms with van der Waals surface area (Å²) in [6.45, 7) is 5.41. The molecule has 0 fully saturated rings. The van der Waals surface area contributed by atoms with Gasteiger partial charge in [0.1, 0.15) is 5.15 Å². The van der Waals surface area contributed by atoms with E-state index in [0.29, 0.717) is 16.8 Å². The largest absolute Gasteiger partial charge is 0.383 e. The molecule has 0 atom stereocenters. The molecule has 0 aliphatic rings. The third kappa shape index (κ3) is 4.26. The number of pyridine rings is 1. The van der Waals surface area contributed by atoms with Crippen LogP contribution in [0.15, 0.2) is 12.3 Å². The standard InChI is InChI=1S/C11H16Cl2N2O/c1-3-15(4-5-16-2)8-9-7-14-11(13)6-10(9)12/h6-7H,3-5,8H2,1-2H3. The third-order valence-electron chi connectivity index (χ3n) is 2.35. The van der Waals surface area contributed by atoms with E-state index in [9.17, 15) is 0 Å². The monoisotopic (exact) mass is 262 g/mol. The predicted octanol–water partition coefficient (Wildman–Crippen LogP) is 2.86. The average Bonchev–Trinajstić information content (AvgIpc) is 2.27. The highest BCUT2D eigenvalue weighted by molar-refractivity contribution is 6.34. The summed E-state index contributed by atoms with van der Waals surface area (Å²) in [4.78, 5) is 6.27. The lowest BCUT2D eigenvalue weighted by atomic mass is 10.2. The molecular formula is C11H16Cl2N2O. The molecular weight excluding hydrogens is 247 g/mol. The molecule has 1 rings (SSSR count). The third-order valence-corrected chi connectivity index (χ3v) is 2.91. The van der Waals surface area contributed by atoms with Gasteiger partial charge in [0.2, 0.25) is 0 Å². The maximum absolute atomic E-state index is 6.08. The van der Waals surface area contributed by atoms with E-state index in [1.807, 2.05) is 0 Å². The lowest BCUT2D eigenvalue weighted by Gasteiger charge is -2.20. The first-order valence-electron chi connectivity index (χ1n) is 5.18. The van der Waals surface area contributed by atoms with Crippen LogP contribution in [0.1, 0.15) is 12.5 Å². The normalized spacial score (nSPS) is 11.1. The first-order valence-corrected chi connectivity index (χ1v) is 5.94. The van der Waals surface area contributed by atoms with Crippen molar-refractivity contribution in [1.82, 2.24) is 9.88 Å². The molecule has 1 heterocycles. The smallest absolute Gasteiger partial charge is 0.130 e. The number of likely N-dealkylation sites (N-methyl/N-ethyl adjacent to an activating group) is 1. The minimum atomic E-state index is 0.425. The summed E-state index contributed by atoms with van der Waals surface area (Å²) in [5.41, 5.74) is 0.990. The van der Waals surface area contributed by atoms with Crippen LogP contribution < -0.4 is 0 Å². The van der Waals surface area contributed by atoms with Gasteiger partial charge in [0.05, 0.1) is 6.61 Å². The molecule has 0 radical (unpaired) electrons. The van der Waals surface area contributed by atoms with Crippen molar-refractivity contribution in [3.8, 4) is 0 Å². The van der Waals surface area contributed by atoms with E-state index in [1.54, 1.807) is 19.4 Å². The van der Waals surface area contributed by atoms with Crippen LogP contribution in [0.3, 0.4) is 0 Å². The van der Waals surface area contributed by atoms with Gasteiger partial charge in [-0.2, -0.15) is 0 Å². The summed E-state index contributed by atoms with van der Waals surface area (Å²) < 4.78 is 5.05. The molecule has 0 aliphatic heterocycles. The van der Waals surface area contributed by atoms with E-state index in [0.717, 1.165) is 25.2 Å². The summed E-state index contributed by atoms with van der Waals surface area (Å²) in [6, 6.07) is 1.67. The van der Waals surface area contributed by atoms with Gasteiger partial charge in [-0.3, -0.25) is 4.90 Å². The van der Waals surface area contributed by atoms with Crippen LogP contribution in [0.5, 0.6) is 0 Å². The van der Waals surface area contributed by atoms with E-state index in [4.69, 9.17) is 27.9 Å². The van der Waals surface area contributed by atoms with Crippen LogP contribution >= 0.6 is 23.2 Å². The second kappa shape index (κ2) is 7.07. The number of halogens is 2. The minimum Gasteiger partial charge on any atom is -0.383 e. The van der Waals surface area contributed by atoms with Crippen LogP contribution in [0.4, 0.5) is 0 Å². The zero-order valence-electron chi connectivity index (χ0n) is 9.54. The molecule has 0 aromatic carbocycles. The van der Waals surface area contributed by atoms with Crippen molar-refractivity contribution in [2.45, 2.75) is 13.5 Å². The van der Waals surface area contributed by atoms with Crippen LogP contribution in [-0.4, -0.2) is 36.7 Å². The number of nitrogens with zero attached hydrogens (tertiary/aromatic N) is 2. The Hall–Kier alpha value is -0.350. The van der Waals surface area contributed by atoms with Crippen molar-refractivity contribution in [1.29, 1.82) is 0 Å². The molecule has 1 aromatic heterocycles. The van der Waals surface area contributed by atoms with E-state index in [-0.39, 0.29) is 0 Å². The maximum atomic E-state index is 6.08. The molecule has 0 unspecified atom stereocenters. The topological polar surface area (TPSA) is 25.4 Å². The molecule has 0 aliphatic carbocycles. The van der Waals surface area contributed by atoms with Gasteiger partial charge in [-0.15, -0.1) is 0 Å². The van der Waals surface area contributed by atoms with Gasteiger partial charge in [-0.1, -0.05) is 30.1 Å². The molecule has 0 amide bonds. The van der Waals surface area contributed by atoms with Crippen molar-refractivity contribution in [3.63, 3.8) is 0 Å². The number of ether oxygens (including phenoxy) is 1. The summed E-state index contributed by atoms with van der Waals surface area (Å²) >= 11 is 11.8. The lowest BCUT2D eigenvalue weighted by molar-refractivity contribution is 0.147. The molecule has 5 heteroatoms.